The highest BCUT2D eigenvalue weighted by Gasteiger charge is 2.20. The van der Waals surface area contributed by atoms with Crippen LogP contribution in [-0.2, 0) is 11.3 Å². The number of anilines is 2. The van der Waals surface area contributed by atoms with E-state index in [-0.39, 0.29) is 24.9 Å². The van der Waals surface area contributed by atoms with Crippen molar-refractivity contribution in [3.05, 3.63) is 53.9 Å². The van der Waals surface area contributed by atoms with E-state index in [4.69, 9.17) is 14.2 Å². The summed E-state index contributed by atoms with van der Waals surface area (Å²) in [6.45, 7) is 1.73. The molecule has 30 heavy (non-hydrogen) atoms. The highest BCUT2D eigenvalue weighted by molar-refractivity contribution is 6.04. The maximum Gasteiger partial charge on any atom is 0.278 e. The third kappa shape index (κ3) is 3.88. The Morgan fingerprint density at radius 2 is 1.93 bits per heavy atom. The average molecular weight is 409 g/mol. The van der Waals surface area contributed by atoms with E-state index >= 15 is 0 Å². The van der Waals surface area contributed by atoms with E-state index in [1.807, 2.05) is 0 Å². The Balaban J connectivity index is 1.42. The lowest BCUT2D eigenvalue weighted by atomic mass is 10.2. The zero-order chi connectivity index (χ0) is 21.1. The van der Waals surface area contributed by atoms with Crippen molar-refractivity contribution in [2.24, 2.45) is 0 Å². The van der Waals surface area contributed by atoms with Crippen LogP contribution < -0.4 is 24.8 Å². The number of nitrogens with one attached hydrogen (secondary N) is 2. The van der Waals surface area contributed by atoms with Crippen LogP contribution in [0.2, 0.25) is 0 Å². The molecule has 2 N–H and O–H groups in total. The Morgan fingerprint density at radius 1 is 1.13 bits per heavy atom. The quantitative estimate of drug-likeness (QED) is 0.641. The normalized spacial score (nSPS) is 11.8. The van der Waals surface area contributed by atoms with E-state index in [0.29, 0.717) is 34.3 Å². The molecular weight excluding hydrogens is 390 g/mol. The second-order valence-corrected chi connectivity index (χ2v) is 6.45. The number of hydrogen-bond donors (Lipinski definition) is 2. The first-order valence-corrected chi connectivity index (χ1v) is 9.09. The lowest BCUT2D eigenvalue weighted by molar-refractivity contribution is -0.117. The van der Waals surface area contributed by atoms with Gasteiger partial charge in [0.1, 0.15) is 12.3 Å². The fraction of sp³-hybridized carbons (Fsp3) is 0.200. The monoisotopic (exact) mass is 409 g/mol. The molecule has 10 heteroatoms. The van der Waals surface area contributed by atoms with Gasteiger partial charge in [0.05, 0.1) is 18.5 Å². The summed E-state index contributed by atoms with van der Waals surface area (Å²) in [6, 6.07) is 12.2. The Labute approximate surface area is 171 Å². The summed E-state index contributed by atoms with van der Waals surface area (Å²) >= 11 is 0. The molecular formula is C20H19N5O5. The standard InChI is InChI=1S/C20H19N5O5/c1-12-19(20(27)22-14-5-3-4-6-15(14)28-2)23-24-25(12)10-18(26)21-13-7-8-16-17(9-13)30-11-29-16/h3-9H,10-11H2,1-2H3,(H,21,26)(H,22,27). The van der Waals surface area contributed by atoms with Gasteiger partial charge in [-0.3, -0.25) is 9.59 Å². The van der Waals surface area contributed by atoms with Gasteiger partial charge in [-0.25, -0.2) is 4.68 Å². The summed E-state index contributed by atoms with van der Waals surface area (Å²) in [6.07, 6.45) is 0. The zero-order valence-electron chi connectivity index (χ0n) is 16.3. The van der Waals surface area contributed by atoms with Crippen molar-refractivity contribution >= 4 is 23.2 Å². The van der Waals surface area contributed by atoms with Gasteiger partial charge in [0.2, 0.25) is 12.7 Å². The van der Waals surface area contributed by atoms with Gasteiger partial charge in [-0.15, -0.1) is 5.10 Å². The lowest BCUT2D eigenvalue weighted by Crippen LogP contribution is -2.21. The molecule has 0 atom stereocenters. The summed E-state index contributed by atoms with van der Waals surface area (Å²) in [4.78, 5) is 25.0. The smallest absolute Gasteiger partial charge is 0.278 e. The number of amides is 2. The summed E-state index contributed by atoms with van der Waals surface area (Å²) in [5.74, 6) is 0.961. The molecule has 1 aromatic heterocycles. The predicted octanol–water partition coefficient (Wildman–Crippen LogP) is 2.21. The first-order valence-electron chi connectivity index (χ1n) is 9.09. The number of fused-ring (bicyclic) bond motifs is 1. The van der Waals surface area contributed by atoms with Gasteiger partial charge < -0.3 is 24.8 Å². The molecule has 10 nitrogen and oxygen atoms in total. The van der Waals surface area contributed by atoms with Crippen LogP contribution in [-0.4, -0.2) is 40.7 Å². The SMILES string of the molecule is COc1ccccc1NC(=O)c1nnn(CC(=O)Nc2ccc3c(c2)OCO3)c1C. The van der Waals surface area contributed by atoms with Gasteiger partial charge >= 0.3 is 0 Å². The van der Waals surface area contributed by atoms with E-state index in [1.165, 1.54) is 11.8 Å². The van der Waals surface area contributed by atoms with Crippen LogP contribution >= 0.6 is 0 Å². The molecule has 0 unspecified atom stereocenters. The second-order valence-electron chi connectivity index (χ2n) is 6.45. The highest BCUT2D eigenvalue weighted by Crippen LogP contribution is 2.34. The number of rotatable bonds is 6. The highest BCUT2D eigenvalue weighted by atomic mass is 16.7. The van der Waals surface area contributed by atoms with Crippen molar-refractivity contribution in [1.29, 1.82) is 0 Å². The third-order valence-electron chi connectivity index (χ3n) is 4.50. The number of para-hydroxylation sites is 2. The minimum atomic E-state index is -0.445. The number of ether oxygens (including phenoxy) is 3. The van der Waals surface area contributed by atoms with Gasteiger partial charge in [-0.2, -0.15) is 0 Å². The first-order chi connectivity index (χ1) is 14.5. The molecule has 0 fully saturated rings. The second kappa shape index (κ2) is 8.11. The molecule has 2 aromatic carbocycles. The molecule has 2 amide bonds. The number of carbonyl (C=O) groups excluding carboxylic acids is 2. The molecule has 154 valence electrons. The van der Waals surface area contributed by atoms with Gasteiger partial charge in [-0.1, -0.05) is 17.3 Å². The van der Waals surface area contributed by atoms with Crippen molar-refractivity contribution < 1.29 is 23.8 Å². The van der Waals surface area contributed by atoms with Crippen molar-refractivity contribution in [2.75, 3.05) is 24.5 Å². The Hall–Kier alpha value is -4.08. The summed E-state index contributed by atoms with van der Waals surface area (Å²) in [7, 11) is 1.52. The summed E-state index contributed by atoms with van der Waals surface area (Å²) in [5.41, 5.74) is 1.66. The molecule has 0 spiro atoms. The topological polar surface area (TPSA) is 117 Å². The van der Waals surface area contributed by atoms with Crippen LogP contribution in [0.25, 0.3) is 0 Å². The van der Waals surface area contributed by atoms with Gasteiger partial charge in [-0.05, 0) is 31.2 Å². The summed E-state index contributed by atoms with van der Waals surface area (Å²) in [5, 5.41) is 13.4. The Morgan fingerprint density at radius 3 is 2.77 bits per heavy atom. The molecule has 0 saturated carbocycles. The molecule has 0 aliphatic carbocycles. The predicted molar refractivity (Wildman–Crippen MR) is 107 cm³/mol. The van der Waals surface area contributed by atoms with E-state index in [2.05, 4.69) is 20.9 Å². The fourth-order valence-corrected chi connectivity index (χ4v) is 2.96. The summed E-state index contributed by atoms with van der Waals surface area (Å²) < 4.78 is 17.1. The number of aromatic nitrogens is 3. The van der Waals surface area contributed by atoms with Crippen molar-refractivity contribution in [2.45, 2.75) is 13.5 Å². The molecule has 4 rings (SSSR count). The van der Waals surface area contributed by atoms with E-state index in [0.717, 1.165) is 0 Å². The van der Waals surface area contributed by atoms with Crippen LogP contribution in [0.15, 0.2) is 42.5 Å². The Bertz CT molecular complexity index is 1110. The molecule has 3 aromatic rings. The molecule has 1 aliphatic heterocycles. The molecule has 2 heterocycles. The minimum Gasteiger partial charge on any atom is -0.495 e. The van der Waals surface area contributed by atoms with Crippen LogP contribution in [0, 0.1) is 6.92 Å². The van der Waals surface area contributed by atoms with Crippen LogP contribution in [0.1, 0.15) is 16.2 Å². The van der Waals surface area contributed by atoms with Crippen LogP contribution in [0.5, 0.6) is 17.2 Å². The number of carbonyl (C=O) groups is 2. The van der Waals surface area contributed by atoms with Crippen LogP contribution in [0.3, 0.4) is 0 Å². The van der Waals surface area contributed by atoms with Gasteiger partial charge in [0.25, 0.3) is 5.91 Å². The minimum absolute atomic E-state index is 0.102. The molecule has 1 aliphatic rings. The molecule has 0 saturated heterocycles. The van der Waals surface area contributed by atoms with E-state index in [1.54, 1.807) is 49.4 Å². The van der Waals surface area contributed by atoms with E-state index in [9.17, 15) is 9.59 Å². The van der Waals surface area contributed by atoms with Crippen LogP contribution in [0.4, 0.5) is 11.4 Å². The van der Waals surface area contributed by atoms with Crippen molar-refractivity contribution in [3.8, 4) is 17.2 Å². The maximum absolute atomic E-state index is 12.6. The van der Waals surface area contributed by atoms with Gasteiger partial charge in [0, 0.05) is 11.8 Å². The first kappa shape index (κ1) is 19.2. The average Bonchev–Trinajstić information content (AvgIpc) is 3.35. The van der Waals surface area contributed by atoms with Crippen molar-refractivity contribution in [3.63, 3.8) is 0 Å². The zero-order valence-corrected chi connectivity index (χ0v) is 16.3. The largest absolute Gasteiger partial charge is 0.495 e. The third-order valence-corrected chi connectivity index (χ3v) is 4.50. The fourth-order valence-electron chi connectivity index (χ4n) is 2.96. The number of methoxy groups -OCH3 is 1. The van der Waals surface area contributed by atoms with Gasteiger partial charge in [0.15, 0.2) is 17.2 Å². The number of hydrogen-bond acceptors (Lipinski definition) is 7. The lowest BCUT2D eigenvalue weighted by Gasteiger charge is -2.09. The molecule has 0 radical (unpaired) electrons. The van der Waals surface area contributed by atoms with E-state index < -0.39 is 5.91 Å². The maximum atomic E-state index is 12.6. The molecule has 0 bridgehead atoms. The number of nitrogens with zero attached hydrogens (tertiary/aromatic N) is 3. The Kier molecular flexibility index (Phi) is 5.21. The number of benzene rings is 2. The van der Waals surface area contributed by atoms with Crippen molar-refractivity contribution in [1.82, 2.24) is 15.0 Å².